The van der Waals surface area contributed by atoms with Gasteiger partial charge in [0.15, 0.2) is 5.69 Å². The molecule has 0 saturated carbocycles. The fourth-order valence-electron chi connectivity index (χ4n) is 5.83. The molecule has 1 aliphatic heterocycles. The van der Waals surface area contributed by atoms with Crippen molar-refractivity contribution in [2.24, 2.45) is 7.05 Å². The van der Waals surface area contributed by atoms with Crippen molar-refractivity contribution in [3.63, 3.8) is 0 Å². The number of fused-ring (bicyclic) bond motifs is 1. The van der Waals surface area contributed by atoms with E-state index in [1.165, 1.54) is 6.07 Å². The number of amides is 1. The van der Waals surface area contributed by atoms with E-state index in [0.29, 0.717) is 35.5 Å². The van der Waals surface area contributed by atoms with Gasteiger partial charge in [0.05, 0.1) is 34.5 Å². The number of halogens is 1. The van der Waals surface area contributed by atoms with Crippen LogP contribution in [0.15, 0.2) is 41.3 Å². The van der Waals surface area contributed by atoms with E-state index in [1.54, 1.807) is 23.9 Å². The molecule has 234 valence electrons. The Labute approximate surface area is 266 Å². The van der Waals surface area contributed by atoms with Crippen molar-refractivity contribution in [3.05, 3.63) is 85.7 Å². The van der Waals surface area contributed by atoms with Crippen LogP contribution in [0.4, 0.5) is 11.6 Å². The van der Waals surface area contributed by atoms with Crippen LogP contribution in [0.25, 0.3) is 10.9 Å². The van der Waals surface area contributed by atoms with Crippen molar-refractivity contribution < 1.29 is 13.2 Å². The van der Waals surface area contributed by atoms with Crippen LogP contribution in [0.2, 0.25) is 5.15 Å². The number of piperidine rings is 1. The van der Waals surface area contributed by atoms with Crippen LogP contribution in [0.1, 0.15) is 70.2 Å². The molecule has 4 heterocycles. The van der Waals surface area contributed by atoms with Crippen molar-refractivity contribution in [1.82, 2.24) is 24.2 Å². The number of nitriles is 1. The maximum absolute atomic E-state index is 13.7. The third-order valence-electron chi connectivity index (χ3n) is 7.94. The predicted molar refractivity (Wildman–Crippen MR) is 173 cm³/mol. The predicted octanol–water partition coefficient (Wildman–Crippen LogP) is 4.11. The molecule has 1 aromatic carbocycles. The number of carbonyl (C=O) groups is 1. The molecule has 5 rings (SSSR count). The quantitative estimate of drug-likeness (QED) is 0.279. The molecule has 3 aromatic heterocycles. The number of aryl methyl sites for hydroxylation is 2. The van der Waals surface area contributed by atoms with Crippen LogP contribution in [-0.2, 0) is 17.1 Å². The number of hydrogen-bond acceptors (Lipinski definition) is 10. The molecule has 0 aliphatic carbocycles. The molecule has 4 aromatic rings. The van der Waals surface area contributed by atoms with Crippen LogP contribution in [0, 0.1) is 25.2 Å². The summed E-state index contributed by atoms with van der Waals surface area (Å²) < 4.78 is 26.9. The van der Waals surface area contributed by atoms with Crippen LogP contribution in [0.3, 0.4) is 0 Å². The first-order chi connectivity index (χ1) is 21.3. The molecule has 1 amide bonds. The van der Waals surface area contributed by atoms with Gasteiger partial charge in [0, 0.05) is 43.5 Å². The van der Waals surface area contributed by atoms with Gasteiger partial charge in [-0.1, -0.05) is 17.7 Å². The van der Waals surface area contributed by atoms with Crippen molar-refractivity contribution >= 4 is 50.1 Å². The summed E-state index contributed by atoms with van der Waals surface area (Å²) in [5.41, 5.74) is 4.53. The average Bonchev–Trinajstić information content (AvgIpc) is 2.99. The van der Waals surface area contributed by atoms with Gasteiger partial charge in [-0.15, -0.1) is 0 Å². The summed E-state index contributed by atoms with van der Waals surface area (Å²) in [6.45, 7) is 7.06. The lowest BCUT2D eigenvalue weighted by Crippen LogP contribution is -2.38. The lowest BCUT2D eigenvalue weighted by molar-refractivity contribution is 0.0977. The van der Waals surface area contributed by atoms with Crippen molar-refractivity contribution in [2.75, 3.05) is 29.6 Å². The van der Waals surface area contributed by atoms with Gasteiger partial charge in [-0.3, -0.25) is 19.1 Å². The number of sulfonamides is 1. The first kappa shape index (κ1) is 31.9. The highest BCUT2D eigenvalue weighted by molar-refractivity contribution is 7.89. The molecule has 14 heteroatoms. The van der Waals surface area contributed by atoms with Crippen LogP contribution in [0.5, 0.6) is 0 Å². The first-order valence-electron chi connectivity index (χ1n) is 14.3. The summed E-state index contributed by atoms with van der Waals surface area (Å²) in [5, 5.41) is 12.9. The lowest BCUT2D eigenvalue weighted by atomic mass is 9.90. The number of benzene rings is 1. The number of nitrogens with one attached hydrogen (secondary N) is 2. The highest BCUT2D eigenvalue weighted by atomic mass is 35.5. The van der Waals surface area contributed by atoms with E-state index in [0.717, 1.165) is 41.5 Å². The van der Waals surface area contributed by atoms with Gasteiger partial charge < -0.3 is 10.2 Å². The highest BCUT2D eigenvalue weighted by Crippen LogP contribution is 2.33. The second kappa shape index (κ2) is 12.5. The summed E-state index contributed by atoms with van der Waals surface area (Å²) in [4.78, 5) is 42.2. The fourth-order valence-corrected chi connectivity index (χ4v) is 6.41. The largest absolute Gasteiger partial charge is 0.377 e. The third kappa shape index (κ3) is 6.77. The fraction of sp³-hybridized carbons (Fsp3) is 0.355. The molecule has 0 spiro atoms. The van der Waals surface area contributed by atoms with Crippen LogP contribution >= 0.6 is 11.6 Å². The smallest absolute Gasteiger partial charge is 0.285 e. The normalized spacial score (nSPS) is 14.6. The molecule has 45 heavy (non-hydrogen) atoms. The number of hydrogen-bond donors (Lipinski definition) is 2. The Morgan fingerprint density at radius 1 is 1.16 bits per heavy atom. The molecule has 0 radical (unpaired) electrons. The maximum Gasteiger partial charge on any atom is 0.285 e. The Kier molecular flexibility index (Phi) is 8.82. The van der Waals surface area contributed by atoms with Crippen molar-refractivity contribution in [1.29, 1.82) is 5.26 Å². The molecule has 1 atom stereocenters. The first-order valence-corrected chi connectivity index (χ1v) is 16.6. The van der Waals surface area contributed by atoms with E-state index in [1.807, 2.05) is 43.7 Å². The van der Waals surface area contributed by atoms with Gasteiger partial charge in [-0.25, -0.2) is 23.1 Å². The number of aromatic nitrogens is 4. The molecule has 1 saturated heterocycles. The Morgan fingerprint density at radius 3 is 2.51 bits per heavy atom. The van der Waals surface area contributed by atoms with Gasteiger partial charge in [0.1, 0.15) is 11.2 Å². The lowest BCUT2D eigenvalue weighted by Gasteiger charge is -2.34. The number of pyridine rings is 2. The molecular formula is C31H33ClN8O4S. The molecular weight excluding hydrogens is 616 g/mol. The van der Waals surface area contributed by atoms with E-state index < -0.39 is 22.0 Å². The minimum atomic E-state index is -3.84. The second-order valence-corrected chi connectivity index (χ2v) is 13.6. The summed E-state index contributed by atoms with van der Waals surface area (Å²) in [5.74, 6) is -0.141. The van der Waals surface area contributed by atoms with Crippen molar-refractivity contribution in [3.8, 4) is 6.07 Å². The van der Waals surface area contributed by atoms with Crippen LogP contribution < -0.4 is 20.5 Å². The Bertz CT molecular complexity index is 2030. The number of anilines is 2. The molecule has 12 nitrogen and oxygen atoms in total. The molecule has 2 N–H and O–H groups in total. The SMILES string of the molecule is Cc1cc([C@@H](C)Nc2ccc(Cl)nc2C(=O)NS(C)(=O)=O)c2nc(N3CCC(c4ncc(C#N)cc4C)CC3)n(C)c(=O)c2c1. The highest BCUT2D eigenvalue weighted by Gasteiger charge is 2.27. The summed E-state index contributed by atoms with van der Waals surface area (Å²) >= 11 is 6.04. The van der Waals surface area contributed by atoms with E-state index in [4.69, 9.17) is 16.6 Å². The Balaban J connectivity index is 1.47. The zero-order valence-electron chi connectivity index (χ0n) is 25.5. The van der Waals surface area contributed by atoms with Gasteiger partial charge in [0.2, 0.25) is 16.0 Å². The summed E-state index contributed by atoms with van der Waals surface area (Å²) in [7, 11) is -2.12. The maximum atomic E-state index is 13.7. The summed E-state index contributed by atoms with van der Waals surface area (Å²) in [6.07, 6.45) is 4.12. The van der Waals surface area contributed by atoms with Crippen molar-refractivity contribution in [2.45, 2.75) is 45.6 Å². The molecule has 1 aliphatic rings. The Morgan fingerprint density at radius 2 is 1.87 bits per heavy atom. The molecule has 0 unspecified atom stereocenters. The van der Waals surface area contributed by atoms with Gasteiger partial charge in [0.25, 0.3) is 11.5 Å². The van der Waals surface area contributed by atoms with E-state index >= 15 is 0 Å². The van der Waals surface area contributed by atoms with E-state index in [9.17, 15) is 23.3 Å². The van der Waals surface area contributed by atoms with Crippen LogP contribution in [-0.4, -0.2) is 53.2 Å². The zero-order chi connectivity index (χ0) is 32.6. The second-order valence-electron chi connectivity index (χ2n) is 11.4. The van der Waals surface area contributed by atoms with Gasteiger partial charge in [-0.05, 0) is 69.0 Å². The zero-order valence-corrected chi connectivity index (χ0v) is 27.1. The van der Waals surface area contributed by atoms with E-state index in [-0.39, 0.29) is 28.0 Å². The van der Waals surface area contributed by atoms with E-state index in [2.05, 4.69) is 26.3 Å². The number of nitrogens with zero attached hydrogens (tertiary/aromatic N) is 6. The third-order valence-corrected chi connectivity index (χ3v) is 8.70. The average molecular weight is 649 g/mol. The topological polar surface area (TPSA) is 163 Å². The molecule has 0 bridgehead atoms. The Hall–Kier alpha value is -4.54. The standard InChI is InChI=1S/C31H33ClN8O4S/c1-17-12-22(19(3)35-24-6-7-25(32)36-28(24)29(41)38-45(5,43)44)27-23(13-17)30(42)39(4)31(37-27)40-10-8-21(9-11-40)26-18(2)14-20(15-33)16-34-26/h6-7,12-14,16,19,21,35H,8-11H2,1-5H3,(H,38,41)/t19-/m1/s1. The number of rotatable bonds is 7. The minimum absolute atomic E-state index is 0.0246. The van der Waals surface area contributed by atoms with Gasteiger partial charge >= 0.3 is 0 Å². The molecule has 1 fully saturated rings. The number of carbonyl (C=O) groups excluding carboxylic acids is 1. The summed E-state index contributed by atoms with van der Waals surface area (Å²) in [6, 6.07) is 10.3. The monoisotopic (exact) mass is 648 g/mol. The van der Waals surface area contributed by atoms with Gasteiger partial charge in [-0.2, -0.15) is 5.26 Å². The minimum Gasteiger partial charge on any atom is -0.377 e.